The lowest BCUT2D eigenvalue weighted by Gasteiger charge is -2.30. The van der Waals surface area contributed by atoms with Crippen molar-refractivity contribution in [2.24, 2.45) is 0 Å². The maximum atomic E-state index is 5.86. The van der Waals surface area contributed by atoms with Crippen LogP contribution in [0, 0.1) is 0 Å². The molecule has 0 atom stereocenters. The van der Waals surface area contributed by atoms with Gasteiger partial charge < -0.3 is 25.3 Å². The van der Waals surface area contributed by atoms with Gasteiger partial charge in [-0.15, -0.1) is 0 Å². The molecule has 0 amide bonds. The quantitative estimate of drug-likeness (QED) is 0.467. The molecule has 0 bridgehead atoms. The lowest BCUT2D eigenvalue weighted by atomic mass is 10.1. The minimum absolute atomic E-state index is 0.0138. The number of benzene rings is 1. The van der Waals surface area contributed by atoms with Gasteiger partial charge in [0.25, 0.3) is 0 Å². The number of H-pyrrole nitrogens is 1. The standard InChI is InChI=1S/C21H24N8O/c1-13(2)30-20-18-19(25-12-24-18)27-21(28-20)26-15-5-3-4-14-16(6-7-23-17(14)15)29-10-8-22-9-11-29/h3-7,12-13,22H,8-11H2,1-2H3,(H2,24,25,26,27,28). The molecule has 5 rings (SSSR count). The Bertz CT molecular complexity index is 1180. The Morgan fingerprint density at radius 2 is 1.97 bits per heavy atom. The Balaban J connectivity index is 1.54. The molecule has 3 N–H and O–H groups in total. The number of hydrogen-bond acceptors (Lipinski definition) is 8. The molecule has 154 valence electrons. The molecule has 9 heteroatoms. The van der Waals surface area contributed by atoms with Gasteiger partial charge in [0, 0.05) is 43.4 Å². The highest BCUT2D eigenvalue weighted by Gasteiger charge is 2.17. The number of nitrogens with one attached hydrogen (secondary N) is 3. The van der Waals surface area contributed by atoms with Gasteiger partial charge in [0.05, 0.1) is 23.6 Å². The summed E-state index contributed by atoms with van der Waals surface area (Å²) in [7, 11) is 0. The predicted molar refractivity (Wildman–Crippen MR) is 118 cm³/mol. The van der Waals surface area contributed by atoms with Crippen molar-refractivity contribution in [3.63, 3.8) is 0 Å². The highest BCUT2D eigenvalue weighted by atomic mass is 16.5. The first-order valence-electron chi connectivity index (χ1n) is 10.2. The highest BCUT2D eigenvalue weighted by Crippen LogP contribution is 2.32. The summed E-state index contributed by atoms with van der Waals surface area (Å²) in [4.78, 5) is 23.4. The molecule has 3 aromatic heterocycles. The van der Waals surface area contributed by atoms with Crippen molar-refractivity contribution in [1.82, 2.24) is 30.2 Å². The lowest BCUT2D eigenvalue weighted by molar-refractivity contribution is 0.235. The first-order chi connectivity index (χ1) is 14.7. The van der Waals surface area contributed by atoms with Crippen LogP contribution in [0.4, 0.5) is 17.3 Å². The first kappa shape index (κ1) is 18.6. The largest absolute Gasteiger partial charge is 0.473 e. The summed E-state index contributed by atoms with van der Waals surface area (Å²) in [5.41, 5.74) is 4.15. The van der Waals surface area contributed by atoms with Crippen LogP contribution in [0.1, 0.15) is 13.8 Å². The van der Waals surface area contributed by atoms with Crippen LogP contribution in [-0.4, -0.2) is 57.2 Å². The van der Waals surface area contributed by atoms with E-state index in [1.165, 1.54) is 5.69 Å². The van der Waals surface area contributed by atoms with Crippen LogP contribution in [0.2, 0.25) is 0 Å². The fraction of sp³-hybridized carbons (Fsp3) is 0.333. The van der Waals surface area contributed by atoms with Crippen molar-refractivity contribution in [2.45, 2.75) is 20.0 Å². The maximum Gasteiger partial charge on any atom is 0.245 e. The minimum Gasteiger partial charge on any atom is -0.473 e. The molecule has 1 saturated heterocycles. The van der Waals surface area contributed by atoms with Crippen LogP contribution in [0.25, 0.3) is 22.1 Å². The zero-order valence-electron chi connectivity index (χ0n) is 17.0. The van der Waals surface area contributed by atoms with Gasteiger partial charge >= 0.3 is 0 Å². The van der Waals surface area contributed by atoms with Crippen LogP contribution in [-0.2, 0) is 0 Å². The van der Waals surface area contributed by atoms with Gasteiger partial charge in [0.2, 0.25) is 11.8 Å². The fourth-order valence-corrected chi connectivity index (χ4v) is 3.74. The van der Waals surface area contributed by atoms with Crippen molar-refractivity contribution in [2.75, 3.05) is 36.4 Å². The smallest absolute Gasteiger partial charge is 0.245 e. The number of anilines is 3. The SMILES string of the molecule is CC(C)Oc1nc(Nc2cccc3c(N4CCNCC4)ccnc23)nc2nc[nH]c12. The lowest BCUT2D eigenvalue weighted by Crippen LogP contribution is -2.43. The van der Waals surface area contributed by atoms with Crippen LogP contribution in [0.5, 0.6) is 5.88 Å². The number of ether oxygens (including phenoxy) is 1. The van der Waals surface area contributed by atoms with Gasteiger partial charge in [-0.2, -0.15) is 9.97 Å². The number of piperazine rings is 1. The van der Waals surface area contributed by atoms with E-state index in [2.05, 4.69) is 52.6 Å². The molecule has 4 heterocycles. The second-order valence-electron chi connectivity index (χ2n) is 7.51. The number of imidazole rings is 1. The summed E-state index contributed by atoms with van der Waals surface area (Å²) in [5.74, 6) is 0.900. The van der Waals surface area contributed by atoms with Crippen LogP contribution in [0.15, 0.2) is 36.8 Å². The number of pyridine rings is 1. The van der Waals surface area contributed by atoms with E-state index in [0.29, 0.717) is 23.0 Å². The van der Waals surface area contributed by atoms with Crippen molar-refractivity contribution in [3.8, 4) is 5.88 Å². The predicted octanol–water partition coefficient (Wildman–Crippen LogP) is 2.84. The molecule has 1 aliphatic heterocycles. The number of hydrogen-bond donors (Lipinski definition) is 3. The van der Waals surface area contributed by atoms with E-state index in [4.69, 9.17) is 4.74 Å². The van der Waals surface area contributed by atoms with Gasteiger partial charge in [-0.05, 0) is 26.0 Å². The Morgan fingerprint density at radius 1 is 1.10 bits per heavy atom. The Labute approximate surface area is 173 Å². The van der Waals surface area contributed by atoms with E-state index in [1.54, 1.807) is 6.33 Å². The Kier molecular flexibility index (Phi) is 4.80. The summed E-state index contributed by atoms with van der Waals surface area (Å²) in [6.07, 6.45) is 3.44. The summed E-state index contributed by atoms with van der Waals surface area (Å²) >= 11 is 0. The second-order valence-corrected chi connectivity index (χ2v) is 7.51. The summed E-state index contributed by atoms with van der Waals surface area (Å²) in [6, 6.07) is 8.20. The molecule has 9 nitrogen and oxygen atoms in total. The molecule has 0 spiro atoms. The van der Waals surface area contributed by atoms with E-state index >= 15 is 0 Å². The van der Waals surface area contributed by atoms with Crippen molar-refractivity contribution in [3.05, 3.63) is 36.8 Å². The molecular formula is C21H24N8O. The van der Waals surface area contributed by atoms with Gasteiger partial charge in [-0.3, -0.25) is 4.98 Å². The third kappa shape index (κ3) is 3.48. The van der Waals surface area contributed by atoms with Crippen LogP contribution in [0.3, 0.4) is 0 Å². The van der Waals surface area contributed by atoms with Crippen LogP contribution < -0.4 is 20.3 Å². The molecule has 1 fully saturated rings. The number of para-hydroxylation sites is 1. The van der Waals surface area contributed by atoms with Crippen molar-refractivity contribution >= 4 is 39.4 Å². The maximum absolute atomic E-state index is 5.86. The molecule has 0 unspecified atom stereocenters. The summed E-state index contributed by atoms with van der Waals surface area (Å²) in [5, 5.41) is 7.83. The Hall–Kier alpha value is -3.46. The molecule has 0 radical (unpaired) electrons. The third-order valence-corrected chi connectivity index (χ3v) is 5.05. The number of fused-ring (bicyclic) bond motifs is 2. The molecule has 4 aromatic rings. The average molecular weight is 404 g/mol. The monoisotopic (exact) mass is 404 g/mol. The summed E-state index contributed by atoms with van der Waals surface area (Å²) in [6.45, 7) is 7.85. The van der Waals surface area contributed by atoms with Gasteiger partial charge in [0.1, 0.15) is 5.52 Å². The van der Waals surface area contributed by atoms with Crippen molar-refractivity contribution in [1.29, 1.82) is 0 Å². The number of rotatable bonds is 5. The zero-order chi connectivity index (χ0) is 20.5. The third-order valence-electron chi connectivity index (χ3n) is 5.05. The van der Waals surface area contributed by atoms with E-state index in [-0.39, 0.29) is 6.10 Å². The van der Waals surface area contributed by atoms with Gasteiger partial charge in [0.15, 0.2) is 5.65 Å². The normalized spacial score (nSPS) is 14.6. The molecule has 30 heavy (non-hydrogen) atoms. The molecule has 1 aliphatic rings. The van der Waals surface area contributed by atoms with E-state index in [0.717, 1.165) is 42.8 Å². The fourth-order valence-electron chi connectivity index (χ4n) is 3.74. The van der Waals surface area contributed by atoms with E-state index < -0.39 is 0 Å². The summed E-state index contributed by atoms with van der Waals surface area (Å²) < 4.78 is 5.86. The average Bonchev–Trinajstić information content (AvgIpc) is 3.23. The van der Waals surface area contributed by atoms with Gasteiger partial charge in [-0.1, -0.05) is 12.1 Å². The molecule has 0 saturated carbocycles. The molecule has 0 aliphatic carbocycles. The van der Waals surface area contributed by atoms with E-state index in [1.807, 2.05) is 32.2 Å². The Morgan fingerprint density at radius 3 is 2.80 bits per heavy atom. The molecule has 1 aromatic carbocycles. The second kappa shape index (κ2) is 7.75. The highest BCUT2D eigenvalue weighted by molar-refractivity contribution is 5.99. The van der Waals surface area contributed by atoms with Gasteiger partial charge in [-0.25, -0.2) is 4.98 Å². The van der Waals surface area contributed by atoms with Crippen LogP contribution >= 0.6 is 0 Å². The zero-order valence-corrected chi connectivity index (χ0v) is 17.0. The molecular weight excluding hydrogens is 380 g/mol. The topological polar surface area (TPSA) is 104 Å². The minimum atomic E-state index is -0.0138. The van der Waals surface area contributed by atoms with E-state index in [9.17, 15) is 0 Å². The number of nitrogens with zero attached hydrogens (tertiary/aromatic N) is 5. The number of aromatic amines is 1. The first-order valence-corrected chi connectivity index (χ1v) is 10.2. The van der Waals surface area contributed by atoms with Crippen molar-refractivity contribution < 1.29 is 4.74 Å². The number of aromatic nitrogens is 5.